The second kappa shape index (κ2) is 16.2. The molecule has 0 spiro atoms. The van der Waals surface area contributed by atoms with Crippen LogP contribution in [0.4, 0.5) is 4.79 Å². The Morgan fingerprint density at radius 3 is 2.42 bits per heavy atom. The molecule has 43 heavy (non-hydrogen) atoms. The maximum absolute atomic E-state index is 13.0. The first-order valence-corrected chi connectivity index (χ1v) is 15.7. The average Bonchev–Trinajstić information content (AvgIpc) is 2.95. The summed E-state index contributed by atoms with van der Waals surface area (Å²) in [4.78, 5) is 61.7. The minimum absolute atomic E-state index is 0.0364. The molecule has 0 saturated carbocycles. The molecule has 1 aliphatic heterocycles. The van der Waals surface area contributed by atoms with Gasteiger partial charge in [-0.2, -0.15) is 0 Å². The van der Waals surface area contributed by atoms with Gasteiger partial charge in [0.2, 0.25) is 12.7 Å². The van der Waals surface area contributed by atoms with Crippen molar-refractivity contribution in [2.45, 2.75) is 59.8 Å². The second-order valence-corrected chi connectivity index (χ2v) is 13.7. The van der Waals surface area contributed by atoms with Crippen molar-refractivity contribution in [1.82, 2.24) is 10.6 Å². The van der Waals surface area contributed by atoms with Crippen molar-refractivity contribution >= 4 is 48.6 Å². The first kappa shape index (κ1) is 36.2. The molecule has 0 bridgehead atoms. The van der Waals surface area contributed by atoms with Crippen LogP contribution in [0.3, 0.4) is 0 Å². The number of nitrogens with one attached hydrogen (secondary N) is 2. The lowest BCUT2D eigenvalue weighted by molar-refractivity contribution is -0.146. The highest BCUT2D eigenvalue weighted by Gasteiger charge is 2.49. The van der Waals surface area contributed by atoms with E-state index in [4.69, 9.17) is 23.0 Å². The molecule has 16 heteroatoms. The number of esters is 2. The first-order valence-electron chi connectivity index (χ1n) is 13.3. The number of alkyl carbamates (subject to hydrolysis) is 1. The predicted molar refractivity (Wildman–Crippen MR) is 154 cm³/mol. The van der Waals surface area contributed by atoms with E-state index in [1.165, 1.54) is 7.11 Å². The van der Waals surface area contributed by atoms with Crippen LogP contribution in [0.15, 0.2) is 30.3 Å². The van der Waals surface area contributed by atoms with Crippen LogP contribution in [0.1, 0.15) is 46.6 Å². The summed E-state index contributed by atoms with van der Waals surface area (Å²) in [5.74, 6) is -2.11. The Kier molecular flexibility index (Phi) is 13.6. The van der Waals surface area contributed by atoms with Crippen LogP contribution in [-0.2, 0) is 58.1 Å². The third-order valence-corrected chi connectivity index (χ3v) is 8.54. The molecule has 0 aliphatic carbocycles. The summed E-state index contributed by atoms with van der Waals surface area (Å²) >= 11 is 0.851. The standard InChI is InChI=1S/C27H39N2O12PS/c1-26(2,3)24(33)43-15-19(23(32)37-14-18-10-8-7-9-11-18)29-25(34)38-17-40-42(35)39-16-27(4,5)21(41-42)22(31)28-13-12-20(30)36-6/h7-11,19,21H,12-17H2,1-6H3,(H,28,31)(H,29,34)/t19-,21-,42+/m0/s1. The van der Waals surface area contributed by atoms with Gasteiger partial charge in [-0.25, -0.2) is 18.7 Å². The molecule has 1 saturated heterocycles. The van der Waals surface area contributed by atoms with Gasteiger partial charge >= 0.3 is 25.9 Å². The van der Waals surface area contributed by atoms with E-state index in [0.717, 1.165) is 17.3 Å². The summed E-state index contributed by atoms with van der Waals surface area (Å²) in [5, 5.41) is 4.63. The van der Waals surface area contributed by atoms with Gasteiger partial charge in [-0.15, -0.1) is 0 Å². The Hall–Kier alpha value is -2.97. The van der Waals surface area contributed by atoms with Gasteiger partial charge in [0.05, 0.1) is 20.1 Å². The smallest absolute Gasteiger partial charge is 0.469 e. The average molecular weight is 647 g/mol. The van der Waals surface area contributed by atoms with E-state index in [1.807, 2.05) is 6.07 Å². The fourth-order valence-electron chi connectivity index (χ4n) is 3.28. The molecule has 0 unspecified atom stereocenters. The number of methoxy groups -OCH3 is 1. The van der Waals surface area contributed by atoms with Crippen molar-refractivity contribution < 1.29 is 56.3 Å². The normalized spacial score (nSPS) is 20.3. The molecule has 0 radical (unpaired) electrons. The Morgan fingerprint density at radius 2 is 1.79 bits per heavy atom. The van der Waals surface area contributed by atoms with Crippen LogP contribution in [0, 0.1) is 10.8 Å². The molecule has 1 aromatic rings. The SMILES string of the molecule is COC(=O)CCNC(=O)[C@@H]1O[P@@](=O)(OCOC(=O)N[C@@H](CSC(=O)C(C)(C)C)C(=O)OCc2ccccc2)OCC1(C)C. The number of benzene rings is 1. The molecule has 2 amide bonds. The Bertz CT molecular complexity index is 1190. The van der Waals surface area contributed by atoms with Crippen LogP contribution in [-0.4, -0.2) is 74.0 Å². The molecular formula is C27H39N2O12PS. The molecule has 240 valence electrons. The monoisotopic (exact) mass is 646 g/mol. The quantitative estimate of drug-likeness (QED) is 0.138. The van der Waals surface area contributed by atoms with Crippen LogP contribution in [0.2, 0.25) is 0 Å². The van der Waals surface area contributed by atoms with E-state index in [0.29, 0.717) is 0 Å². The number of carbonyl (C=O) groups is 5. The third-order valence-electron chi connectivity index (χ3n) is 5.83. The first-order chi connectivity index (χ1) is 20.1. The highest BCUT2D eigenvalue weighted by Crippen LogP contribution is 2.57. The fourth-order valence-corrected chi connectivity index (χ4v) is 5.76. The van der Waals surface area contributed by atoms with E-state index in [1.54, 1.807) is 58.9 Å². The molecule has 1 fully saturated rings. The van der Waals surface area contributed by atoms with Crippen molar-refractivity contribution in [1.29, 1.82) is 0 Å². The lowest BCUT2D eigenvalue weighted by atomic mass is 9.87. The Balaban J connectivity index is 1.95. The van der Waals surface area contributed by atoms with E-state index in [9.17, 15) is 28.5 Å². The predicted octanol–water partition coefficient (Wildman–Crippen LogP) is 3.33. The molecule has 2 N–H and O–H groups in total. The summed E-state index contributed by atoms with van der Waals surface area (Å²) in [6.45, 7) is 7.25. The van der Waals surface area contributed by atoms with Gasteiger partial charge in [0, 0.05) is 23.1 Å². The summed E-state index contributed by atoms with van der Waals surface area (Å²) in [7, 11) is -3.14. The number of thioether (sulfide) groups is 1. The summed E-state index contributed by atoms with van der Waals surface area (Å²) in [5.41, 5.74) is -0.880. The number of ether oxygens (including phenoxy) is 3. The molecule has 2 rings (SSSR count). The number of phosphoric acid groups is 1. The number of amides is 2. The van der Waals surface area contributed by atoms with Crippen LogP contribution >= 0.6 is 19.6 Å². The number of carbonyl (C=O) groups excluding carboxylic acids is 5. The minimum atomic E-state index is -4.36. The zero-order valence-electron chi connectivity index (χ0n) is 25.0. The summed E-state index contributed by atoms with van der Waals surface area (Å²) in [6.07, 6.45) is -2.49. The maximum Gasteiger partial charge on any atom is 0.478 e. The Labute approximate surface area is 254 Å². The van der Waals surface area contributed by atoms with Gasteiger partial charge in [-0.05, 0) is 5.56 Å². The van der Waals surface area contributed by atoms with Gasteiger partial charge in [-0.3, -0.25) is 23.4 Å². The van der Waals surface area contributed by atoms with Crippen LogP contribution < -0.4 is 10.6 Å². The fraction of sp³-hybridized carbons (Fsp3) is 0.593. The molecule has 3 atom stereocenters. The zero-order valence-corrected chi connectivity index (χ0v) is 26.7. The van der Waals surface area contributed by atoms with E-state index in [2.05, 4.69) is 15.4 Å². The minimum Gasteiger partial charge on any atom is -0.469 e. The number of hydrogen-bond donors (Lipinski definition) is 2. The lowest BCUT2D eigenvalue weighted by Gasteiger charge is -2.39. The van der Waals surface area contributed by atoms with E-state index >= 15 is 0 Å². The summed E-state index contributed by atoms with van der Waals surface area (Å²) < 4.78 is 43.4. The topological polar surface area (TPSA) is 182 Å². The van der Waals surface area contributed by atoms with Crippen molar-refractivity contribution in [3.8, 4) is 0 Å². The number of rotatable bonds is 13. The van der Waals surface area contributed by atoms with Crippen molar-refractivity contribution in [3.05, 3.63) is 35.9 Å². The third kappa shape index (κ3) is 12.3. The highest BCUT2D eigenvalue weighted by molar-refractivity contribution is 8.13. The molecule has 1 aliphatic rings. The van der Waals surface area contributed by atoms with Crippen LogP contribution in [0.5, 0.6) is 0 Å². The number of hydrogen-bond acceptors (Lipinski definition) is 13. The van der Waals surface area contributed by atoms with Gasteiger partial charge in [0.15, 0.2) is 11.2 Å². The van der Waals surface area contributed by atoms with E-state index < -0.39 is 61.5 Å². The molecule has 1 heterocycles. The molecule has 0 aromatic heterocycles. The zero-order chi connectivity index (χ0) is 32.3. The van der Waals surface area contributed by atoms with Gasteiger partial charge in [0.25, 0.3) is 0 Å². The molecular weight excluding hydrogens is 607 g/mol. The Morgan fingerprint density at radius 1 is 1.12 bits per heavy atom. The van der Waals surface area contributed by atoms with Crippen LogP contribution in [0.25, 0.3) is 0 Å². The largest absolute Gasteiger partial charge is 0.478 e. The van der Waals surface area contributed by atoms with E-state index in [-0.39, 0.29) is 37.0 Å². The second-order valence-electron chi connectivity index (χ2n) is 11.1. The maximum atomic E-state index is 13.0. The summed E-state index contributed by atoms with van der Waals surface area (Å²) in [6, 6.07) is 7.62. The molecule has 1 aromatic carbocycles. The van der Waals surface area contributed by atoms with Gasteiger partial charge in [-0.1, -0.05) is 76.7 Å². The van der Waals surface area contributed by atoms with Crippen molar-refractivity contribution in [2.24, 2.45) is 10.8 Å². The number of phosphoric ester groups is 1. The lowest BCUT2D eigenvalue weighted by Crippen LogP contribution is -2.50. The molecule has 14 nitrogen and oxygen atoms in total. The van der Waals surface area contributed by atoms with Crippen molar-refractivity contribution in [3.63, 3.8) is 0 Å². The van der Waals surface area contributed by atoms with Crippen molar-refractivity contribution in [2.75, 3.05) is 32.8 Å². The van der Waals surface area contributed by atoms with Gasteiger partial charge < -0.3 is 24.8 Å². The highest BCUT2D eigenvalue weighted by atomic mass is 32.2. The van der Waals surface area contributed by atoms with Gasteiger partial charge in [0.1, 0.15) is 12.6 Å².